The Morgan fingerprint density at radius 1 is 0.920 bits per heavy atom. The molecule has 0 aliphatic carbocycles. The van der Waals surface area contributed by atoms with Crippen LogP contribution in [0.25, 0.3) is 0 Å². The average Bonchev–Trinajstić information content (AvgIpc) is 2.48. The van der Waals surface area contributed by atoms with Crippen molar-refractivity contribution in [3.8, 4) is 0 Å². The number of hydrogen-bond donors (Lipinski definition) is 0. The molecule has 1 atom stereocenters. The van der Waals surface area contributed by atoms with Gasteiger partial charge in [0, 0.05) is 0 Å². The molecule has 0 saturated heterocycles. The fraction of sp³-hybridized carbons (Fsp3) is 0.812. The van der Waals surface area contributed by atoms with Crippen LogP contribution in [-0.2, 0) is 9.47 Å². The predicted molar refractivity (Wildman–Crippen MR) is 80.1 cm³/mol. The Morgan fingerprint density at radius 2 is 1.40 bits per heavy atom. The van der Waals surface area contributed by atoms with Gasteiger partial charge in [0.15, 0.2) is 0 Å². The maximum absolute atomic E-state index is 12.3. The third-order valence-corrected chi connectivity index (χ3v) is 3.41. The molecule has 0 heterocycles. The highest BCUT2D eigenvalue weighted by molar-refractivity contribution is 5.60. The van der Waals surface area contributed by atoms with Crippen molar-refractivity contribution in [1.29, 1.82) is 0 Å². The molecule has 0 N–H and O–H groups in total. The Balaban J connectivity index is 4.29. The number of rotatable bonds is 11. The van der Waals surface area contributed by atoms with Crippen LogP contribution in [0.15, 0.2) is 12.7 Å². The van der Waals surface area contributed by atoms with Gasteiger partial charge in [0.25, 0.3) is 6.10 Å². The van der Waals surface area contributed by atoms with E-state index in [0.717, 1.165) is 44.6 Å². The van der Waals surface area contributed by atoms with Crippen LogP contribution in [0.5, 0.6) is 0 Å². The summed E-state index contributed by atoms with van der Waals surface area (Å²) in [4.78, 5) is 11.2. The second kappa shape index (κ2) is 11.3. The van der Waals surface area contributed by atoms with Crippen LogP contribution >= 0.6 is 0 Å². The lowest BCUT2D eigenvalue weighted by Gasteiger charge is -2.23. The van der Waals surface area contributed by atoms with Crippen molar-refractivity contribution < 1.29 is 40.6 Å². The number of hydrogen-bond acceptors (Lipinski definition) is 3. The Morgan fingerprint density at radius 3 is 1.84 bits per heavy atom. The summed E-state index contributed by atoms with van der Waals surface area (Å²) in [5, 5.41) is 0. The second-order valence-corrected chi connectivity index (χ2v) is 5.63. The Kier molecular flexibility index (Phi) is 10.6. The first-order valence-electron chi connectivity index (χ1n) is 8.15. The first-order valence-corrected chi connectivity index (χ1v) is 8.15. The summed E-state index contributed by atoms with van der Waals surface area (Å²) >= 11 is 0. The van der Waals surface area contributed by atoms with Gasteiger partial charge in [-0.1, -0.05) is 58.1 Å². The zero-order valence-electron chi connectivity index (χ0n) is 14.1. The average molecular weight is 378 g/mol. The molecule has 0 aliphatic heterocycles. The molecule has 0 fully saturated rings. The first kappa shape index (κ1) is 23.6. The van der Waals surface area contributed by atoms with E-state index in [-0.39, 0.29) is 6.42 Å². The summed E-state index contributed by atoms with van der Waals surface area (Å²) in [6.45, 7) is 5.44. The molecular formula is C16H24F6O3. The molecule has 0 aromatic rings. The van der Waals surface area contributed by atoms with Crippen LogP contribution in [0.4, 0.5) is 31.1 Å². The quantitative estimate of drug-likeness (QED) is 0.182. The van der Waals surface area contributed by atoms with Gasteiger partial charge < -0.3 is 9.47 Å². The molecule has 25 heavy (non-hydrogen) atoms. The van der Waals surface area contributed by atoms with E-state index >= 15 is 0 Å². The molecule has 0 bridgehead atoms. The zero-order valence-corrected chi connectivity index (χ0v) is 14.1. The predicted octanol–water partition coefficient (Wildman–Crippen LogP) is 6.33. The summed E-state index contributed by atoms with van der Waals surface area (Å²) < 4.78 is 81.7. The Labute approximate surface area is 143 Å². The van der Waals surface area contributed by atoms with Gasteiger partial charge in [-0.2, -0.15) is 26.3 Å². The highest BCUT2D eigenvalue weighted by Gasteiger charge is 2.60. The van der Waals surface area contributed by atoms with Crippen LogP contribution < -0.4 is 0 Å². The molecule has 0 radical (unpaired) electrons. The van der Waals surface area contributed by atoms with E-state index < -0.39 is 30.7 Å². The van der Waals surface area contributed by atoms with Crippen molar-refractivity contribution in [2.45, 2.75) is 82.9 Å². The lowest BCUT2D eigenvalue weighted by atomic mass is 10.1. The van der Waals surface area contributed by atoms with E-state index in [1.807, 2.05) is 0 Å². The van der Waals surface area contributed by atoms with Crippen molar-refractivity contribution >= 4 is 6.16 Å². The van der Waals surface area contributed by atoms with E-state index in [1.165, 1.54) is 0 Å². The molecule has 0 spiro atoms. The SMILES string of the molecule is C=C[C@H](CCCCCCCCC)OC(=O)OC(C(F)(F)F)C(F)(F)F. The zero-order chi connectivity index (χ0) is 19.5. The number of carbonyl (C=O) groups is 1. The Bertz CT molecular complexity index is 378. The van der Waals surface area contributed by atoms with Gasteiger partial charge in [-0.25, -0.2) is 4.79 Å². The molecule has 0 amide bonds. The van der Waals surface area contributed by atoms with Gasteiger partial charge in [-0.15, -0.1) is 0 Å². The number of halogens is 6. The number of ether oxygens (including phenoxy) is 2. The van der Waals surface area contributed by atoms with Gasteiger partial charge in [-0.05, 0) is 12.8 Å². The fourth-order valence-corrected chi connectivity index (χ4v) is 2.09. The van der Waals surface area contributed by atoms with Crippen molar-refractivity contribution in [1.82, 2.24) is 0 Å². The van der Waals surface area contributed by atoms with E-state index in [2.05, 4.69) is 23.0 Å². The number of unbranched alkanes of at least 4 members (excludes halogenated alkanes) is 6. The molecule has 0 aromatic carbocycles. The minimum Gasteiger partial charge on any atom is -0.427 e. The first-order chi connectivity index (χ1) is 11.5. The molecule has 0 unspecified atom stereocenters. The third-order valence-electron chi connectivity index (χ3n) is 3.41. The minimum absolute atomic E-state index is 0.259. The van der Waals surface area contributed by atoms with Gasteiger partial charge in [-0.3, -0.25) is 0 Å². The summed E-state index contributed by atoms with van der Waals surface area (Å²) in [6.07, 6.45) is -10.5. The standard InChI is InChI=1S/C16H24F6O3/c1-3-5-6-7-8-9-10-11-12(4-2)24-14(23)25-13(15(17,18)19)16(20,21)22/h4,12-13H,2-3,5-11H2,1H3/t12-/m1/s1. The molecule has 0 aromatic heterocycles. The van der Waals surface area contributed by atoms with Crippen molar-refractivity contribution in [2.75, 3.05) is 0 Å². The molecule has 0 aliphatic rings. The van der Waals surface area contributed by atoms with E-state index in [4.69, 9.17) is 0 Å². The molecule has 0 saturated carbocycles. The fourth-order valence-electron chi connectivity index (χ4n) is 2.09. The maximum Gasteiger partial charge on any atom is 0.509 e. The highest BCUT2D eigenvalue weighted by Crippen LogP contribution is 2.36. The molecule has 0 rings (SSSR count). The maximum atomic E-state index is 12.3. The van der Waals surface area contributed by atoms with Crippen LogP contribution in [0.3, 0.4) is 0 Å². The lowest BCUT2D eigenvalue weighted by molar-refractivity contribution is -0.310. The van der Waals surface area contributed by atoms with E-state index in [1.54, 1.807) is 0 Å². The van der Waals surface area contributed by atoms with E-state index in [0.29, 0.717) is 6.42 Å². The highest BCUT2D eigenvalue weighted by atomic mass is 19.4. The minimum atomic E-state index is -5.76. The summed E-state index contributed by atoms with van der Waals surface area (Å²) in [7, 11) is 0. The Hall–Kier alpha value is -1.41. The second-order valence-electron chi connectivity index (χ2n) is 5.63. The van der Waals surface area contributed by atoms with Gasteiger partial charge in [0.1, 0.15) is 6.10 Å². The monoisotopic (exact) mass is 378 g/mol. The van der Waals surface area contributed by atoms with Crippen LogP contribution in [0, 0.1) is 0 Å². The number of alkyl halides is 6. The van der Waals surface area contributed by atoms with Gasteiger partial charge in [0.05, 0.1) is 0 Å². The van der Waals surface area contributed by atoms with Crippen molar-refractivity contribution in [3.63, 3.8) is 0 Å². The van der Waals surface area contributed by atoms with Crippen molar-refractivity contribution in [2.24, 2.45) is 0 Å². The molecule has 3 nitrogen and oxygen atoms in total. The molecule has 148 valence electrons. The van der Waals surface area contributed by atoms with E-state index in [9.17, 15) is 31.1 Å². The topological polar surface area (TPSA) is 35.5 Å². The van der Waals surface area contributed by atoms with Crippen LogP contribution in [0.1, 0.15) is 58.3 Å². The normalized spacial score (nSPS) is 13.6. The largest absolute Gasteiger partial charge is 0.509 e. The van der Waals surface area contributed by atoms with Gasteiger partial charge in [0.2, 0.25) is 0 Å². The van der Waals surface area contributed by atoms with Crippen molar-refractivity contribution in [3.05, 3.63) is 12.7 Å². The molecule has 9 heteroatoms. The van der Waals surface area contributed by atoms with Crippen LogP contribution in [0.2, 0.25) is 0 Å². The summed E-state index contributed by atoms with van der Waals surface area (Å²) in [5.41, 5.74) is 0. The van der Waals surface area contributed by atoms with Gasteiger partial charge >= 0.3 is 18.5 Å². The number of carbonyl (C=O) groups excluding carboxylic acids is 1. The summed E-state index contributed by atoms with van der Waals surface area (Å²) in [5.74, 6) is 0. The molecular weight excluding hydrogens is 354 g/mol. The lowest BCUT2D eigenvalue weighted by Crippen LogP contribution is -2.46. The third kappa shape index (κ3) is 10.9. The summed E-state index contributed by atoms with van der Waals surface area (Å²) in [6, 6.07) is 0. The smallest absolute Gasteiger partial charge is 0.427 e. The van der Waals surface area contributed by atoms with Crippen LogP contribution in [-0.4, -0.2) is 30.7 Å².